The minimum atomic E-state index is -3.75. The minimum Gasteiger partial charge on any atom is -0.489 e. The first kappa shape index (κ1) is 16.3. The molecule has 0 bridgehead atoms. The third kappa shape index (κ3) is 4.18. The van der Waals surface area contributed by atoms with Gasteiger partial charge in [0.2, 0.25) is 0 Å². The van der Waals surface area contributed by atoms with E-state index < -0.39 is 9.05 Å². The highest BCUT2D eigenvalue weighted by molar-refractivity contribution is 9.10. The molecule has 0 spiro atoms. The maximum absolute atomic E-state index is 11.4. The molecule has 0 N–H and O–H groups in total. The highest BCUT2D eigenvalue weighted by Crippen LogP contribution is 2.28. The van der Waals surface area contributed by atoms with Gasteiger partial charge in [-0.25, -0.2) is 8.42 Å². The smallest absolute Gasteiger partial charge is 0.261 e. The van der Waals surface area contributed by atoms with Crippen molar-refractivity contribution < 1.29 is 13.2 Å². The molecular formula is C14H13BrClNO3S. The molecule has 1 aromatic heterocycles. The molecule has 0 amide bonds. The number of halogens is 2. The molecule has 1 aromatic carbocycles. The summed E-state index contributed by atoms with van der Waals surface area (Å²) in [5, 5.41) is 0. The fraction of sp³-hybridized carbons (Fsp3) is 0.214. The van der Waals surface area contributed by atoms with Crippen molar-refractivity contribution in [3.8, 4) is 5.75 Å². The highest BCUT2D eigenvalue weighted by Gasteiger charge is 2.16. The van der Waals surface area contributed by atoms with Crippen molar-refractivity contribution in [3.63, 3.8) is 0 Å². The van der Waals surface area contributed by atoms with Gasteiger partial charge in [-0.1, -0.05) is 0 Å². The summed E-state index contributed by atoms with van der Waals surface area (Å²) in [5.41, 5.74) is 2.18. The van der Waals surface area contributed by atoms with E-state index in [0.29, 0.717) is 23.5 Å². The second-order valence-corrected chi connectivity index (χ2v) is 8.07. The van der Waals surface area contributed by atoms with Crippen LogP contribution in [0.1, 0.15) is 16.7 Å². The first-order valence-corrected chi connectivity index (χ1v) is 9.16. The van der Waals surface area contributed by atoms with Crippen molar-refractivity contribution in [3.05, 3.63) is 51.8 Å². The molecule has 0 radical (unpaired) electrons. The van der Waals surface area contributed by atoms with Crippen LogP contribution in [0.2, 0.25) is 0 Å². The van der Waals surface area contributed by atoms with Crippen LogP contribution in [0.3, 0.4) is 0 Å². The second kappa shape index (κ2) is 6.34. The second-order valence-electron chi connectivity index (χ2n) is 4.62. The fourth-order valence-corrected chi connectivity index (χ4v) is 3.55. The molecule has 0 aliphatic rings. The fourth-order valence-electron chi connectivity index (χ4n) is 1.88. The minimum absolute atomic E-state index is 0.109. The van der Waals surface area contributed by atoms with Crippen molar-refractivity contribution in [1.29, 1.82) is 0 Å². The molecule has 0 saturated heterocycles. The van der Waals surface area contributed by atoms with Crippen LogP contribution < -0.4 is 4.74 Å². The third-order valence-corrected chi connectivity index (χ3v) is 4.79. The van der Waals surface area contributed by atoms with Gasteiger partial charge in [-0.05, 0) is 59.1 Å². The highest BCUT2D eigenvalue weighted by atomic mass is 79.9. The van der Waals surface area contributed by atoms with Crippen molar-refractivity contribution in [1.82, 2.24) is 4.98 Å². The SMILES string of the molecule is Cc1cc(S(=O)(=O)Cl)c(C)cc1OCc1cncc(Br)c1. The van der Waals surface area contributed by atoms with Gasteiger partial charge in [-0.15, -0.1) is 0 Å². The Morgan fingerprint density at radius 1 is 1.19 bits per heavy atom. The van der Waals surface area contributed by atoms with E-state index in [1.165, 1.54) is 6.07 Å². The molecule has 2 aromatic rings. The molecule has 112 valence electrons. The van der Waals surface area contributed by atoms with E-state index in [9.17, 15) is 8.42 Å². The van der Waals surface area contributed by atoms with Gasteiger partial charge in [0.05, 0.1) is 4.90 Å². The lowest BCUT2D eigenvalue weighted by atomic mass is 10.1. The number of hydrogen-bond acceptors (Lipinski definition) is 4. The molecule has 21 heavy (non-hydrogen) atoms. The molecule has 0 aliphatic heterocycles. The zero-order valence-corrected chi connectivity index (χ0v) is 14.6. The predicted octanol–water partition coefficient (Wildman–Crippen LogP) is 3.97. The Morgan fingerprint density at radius 3 is 2.52 bits per heavy atom. The van der Waals surface area contributed by atoms with Gasteiger partial charge in [-0.3, -0.25) is 4.98 Å². The van der Waals surface area contributed by atoms with Gasteiger partial charge in [0, 0.05) is 33.1 Å². The molecule has 0 aliphatic carbocycles. The van der Waals surface area contributed by atoms with Crippen molar-refractivity contribution in [2.24, 2.45) is 0 Å². The molecule has 0 unspecified atom stereocenters. The maximum atomic E-state index is 11.4. The average molecular weight is 391 g/mol. The van der Waals surface area contributed by atoms with Gasteiger partial charge in [-0.2, -0.15) is 0 Å². The van der Waals surface area contributed by atoms with Crippen molar-refractivity contribution in [2.75, 3.05) is 0 Å². The van der Waals surface area contributed by atoms with Gasteiger partial charge in [0.25, 0.3) is 9.05 Å². The van der Waals surface area contributed by atoms with Gasteiger partial charge < -0.3 is 4.74 Å². The molecule has 0 fully saturated rings. The van der Waals surface area contributed by atoms with E-state index in [0.717, 1.165) is 10.0 Å². The van der Waals surface area contributed by atoms with Crippen LogP contribution in [-0.2, 0) is 15.7 Å². The predicted molar refractivity (Wildman–Crippen MR) is 85.2 cm³/mol. The molecule has 1 heterocycles. The molecule has 0 atom stereocenters. The molecular weight excluding hydrogens is 378 g/mol. The van der Waals surface area contributed by atoms with E-state index in [1.54, 1.807) is 32.3 Å². The summed E-state index contributed by atoms with van der Waals surface area (Å²) in [7, 11) is 1.65. The summed E-state index contributed by atoms with van der Waals surface area (Å²) in [5.74, 6) is 0.622. The zero-order chi connectivity index (χ0) is 15.6. The number of hydrogen-bond donors (Lipinski definition) is 0. The van der Waals surface area contributed by atoms with Gasteiger partial charge in [0.1, 0.15) is 12.4 Å². The Balaban J connectivity index is 2.24. The summed E-state index contributed by atoms with van der Waals surface area (Å²) in [6, 6.07) is 5.11. The first-order valence-electron chi connectivity index (χ1n) is 6.05. The topological polar surface area (TPSA) is 56.3 Å². The summed E-state index contributed by atoms with van der Waals surface area (Å²) < 4.78 is 29.5. The van der Waals surface area contributed by atoms with E-state index >= 15 is 0 Å². The number of ether oxygens (including phenoxy) is 1. The number of aromatic nitrogens is 1. The standard InChI is InChI=1S/C14H13BrClNO3S/c1-9-4-14(21(16,18)19)10(2)3-13(9)20-8-11-5-12(15)7-17-6-11/h3-7H,8H2,1-2H3. The first-order chi connectivity index (χ1) is 9.77. The van der Waals surface area contributed by atoms with E-state index in [1.807, 2.05) is 6.07 Å². The Hall–Kier alpha value is -1.11. The van der Waals surface area contributed by atoms with E-state index in [4.69, 9.17) is 15.4 Å². The van der Waals surface area contributed by atoms with Gasteiger partial charge in [0.15, 0.2) is 0 Å². The summed E-state index contributed by atoms with van der Waals surface area (Å²) in [6.45, 7) is 3.81. The Labute approximate surface area is 136 Å². The van der Waals surface area contributed by atoms with Gasteiger partial charge >= 0.3 is 0 Å². The van der Waals surface area contributed by atoms with Crippen LogP contribution in [0.5, 0.6) is 5.75 Å². The molecule has 7 heteroatoms. The lowest BCUT2D eigenvalue weighted by Crippen LogP contribution is -2.01. The van der Waals surface area contributed by atoms with Crippen LogP contribution in [0.25, 0.3) is 0 Å². The third-order valence-electron chi connectivity index (χ3n) is 2.89. The van der Waals surface area contributed by atoms with Crippen LogP contribution in [0.15, 0.2) is 40.0 Å². The lowest BCUT2D eigenvalue weighted by molar-refractivity contribution is 0.303. The number of pyridine rings is 1. The van der Waals surface area contributed by atoms with Crippen LogP contribution in [-0.4, -0.2) is 13.4 Å². The molecule has 2 rings (SSSR count). The number of nitrogens with zero attached hydrogens (tertiary/aromatic N) is 1. The number of benzene rings is 1. The largest absolute Gasteiger partial charge is 0.489 e. The Kier molecular flexibility index (Phi) is 4.91. The molecule has 0 saturated carbocycles. The van der Waals surface area contributed by atoms with Crippen LogP contribution >= 0.6 is 26.6 Å². The Morgan fingerprint density at radius 2 is 1.90 bits per heavy atom. The van der Waals surface area contributed by atoms with Crippen LogP contribution in [0.4, 0.5) is 0 Å². The monoisotopic (exact) mass is 389 g/mol. The normalized spacial score (nSPS) is 11.4. The summed E-state index contributed by atoms with van der Waals surface area (Å²) >= 11 is 3.35. The van der Waals surface area contributed by atoms with Crippen molar-refractivity contribution >= 4 is 35.7 Å². The number of aryl methyl sites for hydroxylation is 2. The van der Waals surface area contributed by atoms with E-state index in [-0.39, 0.29) is 4.90 Å². The number of rotatable bonds is 4. The van der Waals surface area contributed by atoms with Crippen LogP contribution in [0, 0.1) is 13.8 Å². The quantitative estimate of drug-likeness (QED) is 0.741. The van der Waals surface area contributed by atoms with Crippen molar-refractivity contribution in [2.45, 2.75) is 25.3 Å². The summed E-state index contributed by atoms with van der Waals surface area (Å²) in [6.07, 6.45) is 3.41. The maximum Gasteiger partial charge on any atom is 0.261 e. The zero-order valence-electron chi connectivity index (χ0n) is 11.4. The summed E-state index contributed by atoms with van der Waals surface area (Å²) in [4.78, 5) is 4.17. The Bertz CT molecular complexity index is 778. The molecule has 4 nitrogen and oxygen atoms in total. The average Bonchev–Trinajstić information content (AvgIpc) is 2.38. The lowest BCUT2D eigenvalue weighted by Gasteiger charge is -2.12. The van der Waals surface area contributed by atoms with E-state index in [2.05, 4.69) is 20.9 Å².